The maximum atomic E-state index is 12.2. The van der Waals surface area contributed by atoms with Crippen LogP contribution in [0, 0.1) is 0 Å². The van der Waals surface area contributed by atoms with Crippen molar-refractivity contribution in [2.45, 2.75) is 37.6 Å². The van der Waals surface area contributed by atoms with Gasteiger partial charge in [0.05, 0.1) is 12.6 Å². The van der Waals surface area contributed by atoms with E-state index in [-0.39, 0.29) is 11.9 Å². The second-order valence-electron chi connectivity index (χ2n) is 5.03. The molecule has 0 unspecified atom stereocenters. The highest BCUT2D eigenvalue weighted by Gasteiger charge is 2.35. The monoisotopic (exact) mass is 285 g/mol. The van der Waals surface area contributed by atoms with Gasteiger partial charge in [-0.15, -0.1) is 0 Å². The quantitative estimate of drug-likeness (QED) is 0.798. The molecule has 0 N–H and O–H groups in total. The summed E-state index contributed by atoms with van der Waals surface area (Å²) < 4.78 is 24.8. The smallest absolute Gasteiger partial charge is 0.240 e. The van der Waals surface area contributed by atoms with Crippen molar-refractivity contribution in [3.8, 4) is 0 Å². The van der Waals surface area contributed by atoms with Gasteiger partial charge in [-0.1, -0.05) is 0 Å². The van der Waals surface area contributed by atoms with E-state index in [2.05, 4.69) is 5.10 Å². The molecule has 0 bridgehead atoms. The lowest BCUT2D eigenvalue weighted by molar-refractivity contribution is -0.131. The fourth-order valence-electron chi connectivity index (χ4n) is 2.36. The predicted molar refractivity (Wildman–Crippen MR) is 71.3 cm³/mol. The third kappa shape index (κ3) is 3.15. The van der Waals surface area contributed by atoms with Crippen LogP contribution in [0.4, 0.5) is 0 Å². The molecule has 2 rings (SSSR count). The highest BCUT2D eigenvalue weighted by molar-refractivity contribution is 7.92. The molecule has 0 radical (unpaired) electrons. The molecule has 1 amide bonds. The third-order valence-electron chi connectivity index (χ3n) is 3.61. The van der Waals surface area contributed by atoms with Crippen LogP contribution in [0.15, 0.2) is 18.5 Å². The molecule has 0 saturated carbocycles. The number of aromatic nitrogens is 2. The Morgan fingerprint density at radius 1 is 1.53 bits per heavy atom. The number of nitrogens with zero attached hydrogens (tertiary/aromatic N) is 3. The van der Waals surface area contributed by atoms with Crippen molar-refractivity contribution in [3.63, 3.8) is 0 Å². The Kier molecular flexibility index (Phi) is 3.93. The highest BCUT2D eigenvalue weighted by Crippen LogP contribution is 2.21. The molecule has 1 aromatic rings. The van der Waals surface area contributed by atoms with E-state index in [0.717, 1.165) is 19.1 Å². The summed E-state index contributed by atoms with van der Waals surface area (Å²) in [4.78, 5) is 13.9. The van der Waals surface area contributed by atoms with E-state index in [4.69, 9.17) is 0 Å². The van der Waals surface area contributed by atoms with E-state index in [9.17, 15) is 13.2 Å². The topological polar surface area (TPSA) is 72.3 Å². The van der Waals surface area contributed by atoms with Gasteiger partial charge in [-0.25, -0.2) is 8.42 Å². The molecule has 1 aliphatic heterocycles. The molecule has 1 saturated heterocycles. The van der Waals surface area contributed by atoms with Crippen molar-refractivity contribution >= 4 is 15.7 Å². The number of carbonyl (C=O) groups is 1. The molecule has 7 heteroatoms. The first-order valence-corrected chi connectivity index (χ1v) is 8.32. The van der Waals surface area contributed by atoms with Gasteiger partial charge >= 0.3 is 0 Å². The average molecular weight is 285 g/mol. The van der Waals surface area contributed by atoms with Crippen LogP contribution in [-0.4, -0.2) is 53.1 Å². The van der Waals surface area contributed by atoms with Crippen molar-refractivity contribution in [1.29, 1.82) is 0 Å². The molecule has 0 spiro atoms. The number of rotatable bonds is 4. The number of amides is 1. The fourth-order valence-corrected chi connectivity index (χ4v) is 2.86. The summed E-state index contributed by atoms with van der Waals surface area (Å²) in [6, 6.07) is 1.87. The minimum absolute atomic E-state index is 0.0385. The first kappa shape index (κ1) is 14.0. The Balaban J connectivity index is 2.08. The second-order valence-corrected chi connectivity index (χ2v) is 7.39. The molecular weight excluding hydrogens is 266 g/mol. The number of sulfone groups is 1. The van der Waals surface area contributed by atoms with Crippen LogP contribution in [0.3, 0.4) is 0 Å². The van der Waals surface area contributed by atoms with Gasteiger partial charge in [0.25, 0.3) is 0 Å². The second kappa shape index (κ2) is 5.32. The maximum Gasteiger partial charge on any atom is 0.240 e. The number of hydrogen-bond donors (Lipinski definition) is 0. The van der Waals surface area contributed by atoms with E-state index in [1.165, 1.54) is 6.92 Å². The molecule has 2 atom stereocenters. The molecule has 6 nitrogen and oxygen atoms in total. The van der Waals surface area contributed by atoms with Gasteiger partial charge in [-0.05, 0) is 25.8 Å². The molecular formula is C12H19N3O3S. The van der Waals surface area contributed by atoms with Crippen LogP contribution >= 0.6 is 0 Å². The average Bonchev–Trinajstić information content (AvgIpc) is 2.98. The lowest BCUT2D eigenvalue weighted by Crippen LogP contribution is -2.45. The SMILES string of the molecule is C[C@H](C(=O)N1CCC[C@H]1Cn1cccn1)S(C)(=O)=O. The fraction of sp³-hybridized carbons (Fsp3) is 0.667. The van der Waals surface area contributed by atoms with Crippen LogP contribution in [0.2, 0.25) is 0 Å². The molecule has 1 aliphatic rings. The van der Waals surface area contributed by atoms with Crippen molar-refractivity contribution in [3.05, 3.63) is 18.5 Å². The molecule has 0 aromatic carbocycles. The molecule has 19 heavy (non-hydrogen) atoms. The number of hydrogen-bond acceptors (Lipinski definition) is 4. The van der Waals surface area contributed by atoms with Gasteiger partial charge in [0.1, 0.15) is 5.25 Å². The zero-order chi connectivity index (χ0) is 14.0. The largest absolute Gasteiger partial charge is 0.337 e. The molecule has 0 aliphatic carbocycles. The Bertz CT molecular complexity index is 539. The van der Waals surface area contributed by atoms with Gasteiger partial charge in [0.2, 0.25) is 5.91 Å². The van der Waals surface area contributed by atoms with E-state index in [1.54, 1.807) is 15.8 Å². The van der Waals surface area contributed by atoms with Crippen LogP contribution < -0.4 is 0 Å². The normalized spacial score (nSPS) is 21.6. The predicted octanol–water partition coefficient (Wildman–Crippen LogP) is 0.307. The van der Waals surface area contributed by atoms with Crippen LogP contribution in [0.5, 0.6) is 0 Å². The Labute approximate surface area is 113 Å². The van der Waals surface area contributed by atoms with Gasteiger partial charge in [-0.3, -0.25) is 9.48 Å². The van der Waals surface area contributed by atoms with Crippen LogP contribution in [0.1, 0.15) is 19.8 Å². The molecule has 106 valence electrons. The van der Waals surface area contributed by atoms with Crippen molar-refractivity contribution < 1.29 is 13.2 Å². The molecule has 1 fully saturated rings. The zero-order valence-corrected chi connectivity index (χ0v) is 12.0. The highest BCUT2D eigenvalue weighted by atomic mass is 32.2. The summed E-state index contributed by atoms with van der Waals surface area (Å²) in [5.41, 5.74) is 0. The minimum Gasteiger partial charge on any atom is -0.337 e. The lowest BCUT2D eigenvalue weighted by atomic mass is 10.2. The van der Waals surface area contributed by atoms with Gasteiger partial charge in [0, 0.05) is 25.2 Å². The number of likely N-dealkylation sites (tertiary alicyclic amines) is 1. The van der Waals surface area contributed by atoms with E-state index < -0.39 is 15.1 Å². The first-order valence-electron chi connectivity index (χ1n) is 6.36. The van der Waals surface area contributed by atoms with Gasteiger partial charge in [0.15, 0.2) is 9.84 Å². The van der Waals surface area contributed by atoms with Gasteiger partial charge in [-0.2, -0.15) is 5.10 Å². The Hall–Kier alpha value is -1.37. The summed E-state index contributed by atoms with van der Waals surface area (Å²) in [7, 11) is -3.34. The summed E-state index contributed by atoms with van der Waals surface area (Å²) >= 11 is 0. The summed E-state index contributed by atoms with van der Waals surface area (Å²) in [5, 5.41) is 3.16. The van der Waals surface area contributed by atoms with Crippen molar-refractivity contribution in [2.75, 3.05) is 12.8 Å². The van der Waals surface area contributed by atoms with E-state index in [1.807, 2.05) is 12.3 Å². The van der Waals surface area contributed by atoms with Gasteiger partial charge < -0.3 is 4.90 Å². The molecule has 2 heterocycles. The van der Waals surface area contributed by atoms with E-state index >= 15 is 0 Å². The maximum absolute atomic E-state index is 12.2. The Morgan fingerprint density at radius 3 is 2.84 bits per heavy atom. The summed E-state index contributed by atoms with van der Waals surface area (Å²) in [6.45, 7) is 2.71. The van der Waals surface area contributed by atoms with Crippen molar-refractivity contribution in [1.82, 2.24) is 14.7 Å². The third-order valence-corrected chi connectivity index (χ3v) is 5.09. The first-order chi connectivity index (χ1) is 8.89. The zero-order valence-electron chi connectivity index (χ0n) is 11.2. The van der Waals surface area contributed by atoms with E-state index in [0.29, 0.717) is 13.1 Å². The lowest BCUT2D eigenvalue weighted by Gasteiger charge is -2.26. The van der Waals surface area contributed by atoms with Crippen molar-refractivity contribution in [2.24, 2.45) is 0 Å². The van der Waals surface area contributed by atoms with Crippen LogP contribution in [0.25, 0.3) is 0 Å². The Morgan fingerprint density at radius 2 is 2.26 bits per heavy atom. The van der Waals surface area contributed by atoms with Crippen LogP contribution in [-0.2, 0) is 21.2 Å². The number of carbonyl (C=O) groups excluding carboxylic acids is 1. The minimum atomic E-state index is -3.34. The standard InChI is InChI=1S/C12H19N3O3S/c1-10(19(2,17)18)12(16)15-8-3-5-11(15)9-14-7-4-6-13-14/h4,6-7,10-11H,3,5,8-9H2,1-2H3/t10-,11+/m1/s1. The summed E-state index contributed by atoms with van der Waals surface area (Å²) in [6.07, 6.45) is 6.45. The molecule has 1 aromatic heterocycles. The summed E-state index contributed by atoms with van der Waals surface area (Å²) in [5.74, 6) is -0.294.